The number of likely N-dealkylation sites (N-methyl/N-ethyl adjacent to an activating group) is 1. The minimum Gasteiger partial charge on any atom is -0.454 e. The highest BCUT2D eigenvalue weighted by molar-refractivity contribution is 7.92. The van der Waals surface area contributed by atoms with E-state index in [0.29, 0.717) is 24.5 Å². The quantitative estimate of drug-likeness (QED) is 0.380. The minimum absolute atomic E-state index is 0.0169. The Hall–Kier alpha value is -2.53. The Morgan fingerprint density at radius 1 is 1.19 bits per heavy atom. The number of carbonyl (C=O) groups excluding carboxylic acids is 2. The molecule has 1 unspecified atom stereocenters. The summed E-state index contributed by atoms with van der Waals surface area (Å²) in [5.41, 5.74) is 0.994. The third-order valence-electron chi connectivity index (χ3n) is 5.02. The number of amides is 1. The number of rotatable bonds is 10. The van der Waals surface area contributed by atoms with E-state index in [4.69, 9.17) is 23.7 Å². The van der Waals surface area contributed by atoms with Crippen molar-refractivity contribution in [2.45, 2.75) is 38.8 Å². The second-order valence-corrected chi connectivity index (χ2v) is 9.54. The minimum atomic E-state index is -2.96. The molecular formula is C20H27NO9S. The van der Waals surface area contributed by atoms with Crippen molar-refractivity contribution in [3.63, 3.8) is 0 Å². The normalized spacial score (nSPS) is 17.5. The third kappa shape index (κ3) is 6.47. The van der Waals surface area contributed by atoms with Crippen molar-refractivity contribution in [1.29, 1.82) is 0 Å². The summed E-state index contributed by atoms with van der Waals surface area (Å²) in [5.74, 6) is 0.762. The molecule has 2 aliphatic heterocycles. The highest BCUT2D eigenvalue weighted by atomic mass is 32.2. The maximum atomic E-state index is 12.4. The topological polar surface area (TPSA) is 118 Å². The summed E-state index contributed by atoms with van der Waals surface area (Å²) in [6.07, 6.45) is -0.404. The van der Waals surface area contributed by atoms with E-state index in [-0.39, 0.29) is 43.5 Å². The summed E-state index contributed by atoms with van der Waals surface area (Å²) in [4.78, 5) is 25.6. The van der Waals surface area contributed by atoms with Crippen LogP contribution >= 0.6 is 0 Å². The molecule has 0 aliphatic carbocycles. The summed E-state index contributed by atoms with van der Waals surface area (Å²) in [7, 11) is -2.96. The zero-order chi connectivity index (χ0) is 22.4. The molecule has 10 nitrogen and oxygen atoms in total. The first-order valence-electron chi connectivity index (χ1n) is 10.1. The molecule has 3 rings (SSSR count). The predicted octanol–water partition coefficient (Wildman–Crippen LogP) is 1.51. The summed E-state index contributed by atoms with van der Waals surface area (Å²) < 4.78 is 48.0. The van der Waals surface area contributed by atoms with Crippen molar-refractivity contribution >= 4 is 21.9 Å². The molecule has 0 aromatic heterocycles. The summed E-state index contributed by atoms with van der Waals surface area (Å²) in [6.45, 7) is 3.93. The molecule has 0 N–H and O–H groups in total. The second kappa shape index (κ2) is 10.2. The SMILES string of the molecule is CCN(C(=O)OCOC(=O)CCOC1CS(=O)(=O)C1)C(C)Cc1ccc2c(c1)OCO2. The van der Waals surface area contributed by atoms with E-state index in [2.05, 4.69) is 0 Å². The Labute approximate surface area is 181 Å². The van der Waals surface area contributed by atoms with Crippen LogP contribution in [-0.4, -0.2) is 75.8 Å². The third-order valence-corrected chi connectivity index (χ3v) is 6.78. The van der Waals surface area contributed by atoms with Crippen LogP contribution in [0.15, 0.2) is 18.2 Å². The first kappa shape index (κ1) is 23.1. The number of nitrogens with zero attached hydrogens (tertiary/aromatic N) is 1. The summed E-state index contributed by atoms with van der Waals surface area (Å²) in [5, 5.41) is 0. The monoisotopic (exact) mass is 457 g/mol. The molecule has 11 heteroatoms. The zero-order valence-corrected chi connectivity index (χ0v) is 18.4. The summed E-state index contributed by atoms with van der Waals surface area (Å²) >= 11 is 0. The molecule has 2 heterocycles. The standard InChI is InChI=1S/C20H27NO9S/c1-3-21(14(2)8-15-4-5-17-18(9-15)28-12-27-17)20(23)30-13-29-19(22)6-7-26-16-10-31(24,25)11-16/h4-5,9,14,16H,3,6-8,10-13H2,1-2H3. The molecule has 172 valence electrons. The fourth-order valence-electron chi connectivity index (χ4n) is 3.36. The lowest BCUT2D eigenvalue weighted by molar-refractivity contribution is -0.154. The number of fused-ring (bicyclic) bond motifs is 1. The Balaban J connectivity index is 1.35. The number of benzene rings is 1. The van der Waals surface area contributed by atoms with Gasteiger partial charge in [-0.3, -0.25) is 4.79 Å². The molecule has 1 amide bonds. The Bertz CT molecular complexity index is 890. The van der Waals surface area contributed by atoms with Gasteiger partial charge < -0.3 is 28.6 Å². The van der Waals surface area contributed by atoms with Crippen molar-refractivity contribution in [3.05, 3.63) is 23.8 Å². The number of hydrogen-bond acceptors (Lipinski definition) is 9. The zero-order valence-electron chi connectivity index (χ0n) is 17.6. The number of hydrogen-bond donors (Lipinski definition) is 0. The van der Waals surface area contributed by atoms with Crippen LogP contribution in [0.5, 0.6) is 11.5 Å². The van der Waals surface area contributed by atoms with E-state index < -0.39 is 28.7 Å². The van der Waals surface area contributed by atoms with Crippen LogP contribution in [0.4, 0.5) is 4.79 Å². The van der Waals surface area contributed by atoms with Gasteiger partial charge in [0.25, 0.3) is 0 Å². The average Bonchev–Trinajstić information content (AvgIpc) is 3.15. The first-order chi connectivity index (χ1) is 14.8. The van der Waals surface area contributed by atoms with Gasteiger partial charge in [0.1, 0.15) is 0 Å². The fourth-order valence-corrected chi connectivity index (χ4v) is 4.59. The number of sulfone groups is 1. The molecule has 31 heavy (non-hydrogen) atoms. The van der Waals surface area contributed by atoms with Crippen LogP contribution in [-0.2, 0) is 35.3 Å². The predicted molar refractivity (Wildman–Crippen MR) is 109 cm³/mol. The number of esters is 1. The van der Waals surface area contributed by atoms with Crippen LogP contribution < -0.4 is 9.47 Å². The van der Waals surface area contributed by atoms with Gasteiger partial charge in [-0.1, -0.05) is 6.07 Å². The lowest BCUT2D eigenvalue weighted by Crippen LogP contribution is -2.43. The lowest BCUT2D eigenvalue weighted by Gasteiger charge is -2.27. The van der Waals surface area contributed by atoms with Crippen molar-refractivity contribution in [2.75, 3.05) is 38.2 Å². The maximum absolute atomic E-state index is 12.4. The molecule has 0 radical (unpaired) electrons. The van der Waals surface area contributed by atoms with Gasteiger partial charge in [0, 0.05) is 12.6 Å². The van der Waals surface area contributed by atoms with E-state index in [1.165, 1.54) is 0 Å². The highest BCUT2D eigenvalue weighted by Crippen LogP contribution is 2.33. The maximum Gasteiger partial charge on any atom is 0.412 e. The Morgan fingerprint density at radius 3 is 2.65 bits per heavy atom. The molecule has 0 bridgehead atoms. The van der Waals surface area contributed by atoms with Crippen LogP contribution in [0.1, 0.15) is 25.8 Å². The molecule has 1 fully saturated rings. The smallest absolute Gasteiger partial charge is 0.412 e. The van der Waals surface area contributed by atoms with Gasteiger partial charge in [0.2, 0.25) is 13.6 Å². The van der Waals surface area contributed by atoms with Gasteiger partial charge in [-0.2, -0.15) is 0 Å². The molecule has 1 atom stereocenters. The molecule has 2 aliphatic rings. The van der Waals surface area contributed by atoms with E-state index in [0.717, 1.165) is 5.56 Å². The van der Waals surface area contributed by atoms with Crippen molar-refractivity contribution in [1.82, 2.24) is 4.90 Å². The lowest BCUT2D eigenvalue weighted by atomic mass is 10.1. The Kier molecular flexibility index (Phi) is 7.60. The molecule has 0 saturated carbocycles. The number of carbonyl (C=O) groups is 2. The van der Waals surface area contributed by atoms with Crippen LogP contribution in [0.3, 0.4) is 0 Å². The van der Waals surface area contributed by atoms with E-state index in [9.17, 15) is 18.0 Å². The van der Waals surface area contributed by atoms with E-state index in [1.54, 1.807) is 4.90 Å². The van der Waals surface area contributed by atoms with Crippen LogP contribution in [0.25, 0.3) is 0 Å². The largest absolute Gasteiger partial charge is 0.454 e. The second-order valence-electron chi connectivity index (χ2n) is 7.39. The van der Waals surface area contributed by atoms with Gasteiger partial charge in [-0.15, -0.1) is 0 Å². The first-order valence-corrected chi connectivity index (χ1v) is 11.9. The highest BCUT2D eigenvalue weighted by Gasteiger charge is 2.34. The molecule has 1 aromatic carbocycles. The van der Waals surface area contributed by atoms with Crippen LogP contribution in [0, 0.1) is 0 Å². The van der Waals surface area contributed by atoms with E-state index in [1.807, 2.05) is 32.0 Å². The van der Waals surface area contributed by atoms with Crippen molar-refractivity contribution < 1.29 is 41.7 Å². The van der Waals surface area contributed by atoms with Gasteiger partial charge in [0.15, 0.2) is 21.3 Å². The molecule has 1 saturated heterocycles. The Morgan fingerprint density at radius 2 is 1.94 bits per heavy atom. The van der Waals surface area contributed by atoms with Gasteiger partial charge in [-0.25, -0.2) is 13.2 Å². The van der Waals surface area contributed by atoms with Gasteiger partial charge in [0.05, 0.1) is 30.6 Å². The molecule has 0 spiro atoms. The fraction of sp³-hybridized carbons (Fsp3) is 0.600. The molecular weight excluding hydrogens is 430 g/mol. The molecule has 1 aromatic rings. The van der Waals surface area contributed by atoms with Gasteiger partial charge in [-0.05, 0) is 38.0 Å². The number of ether oxygens (including phenoxy) is 5. The van der Waals surface area contributed by atoms with Crippen molar-refractivity contribution in [2.24, 2.45) is 0 Å². The van der Waals surface area contributed by atoms with Crippen molar-refractivity contribution in [3.8, 4) is 11.5 Å². The average molecular weight is 458 g/mol. The van der Waals surface area contributed by atoms with Crippen LogP contribution in [0.2, 0.25) is 0 Å². The summed E-state index contributed by atoms with van der Waals surface area (Å²) in [6, 6.07) is 5.50. The van der Waals surface area contributed by atoms with Gasteiger partial charge >= 0.3 is 12.1 Å². The van der Waals surface area contributed by atoms with E-state index >= 15 is 0 Å².